The van der Waals surface area contributed by atoms with E-state index in [0.29, 0.717) is 11.4 Å². The Morgan fingerprint density at radius 1 is 0.767 bits per heavy atom. The summed E-state index contributed by atoms with van der Waals surface area (Å²) in [6, 6.07) is 33.3. The molecule has 0 saturated carbocycles. The number of hydrogen-bond donors (Lipinski definition) is 3. The second-order valence-electron chi connectivity index (χ2n) is 10.4. The zero-order chi connectivity index (χ0) is 30.2. The van der Waals surface area contributed by atoms with Gasteiger partial charge >= 0.3 is 0 Å². The molecule has 5 rings (SSSR count). The minimum absolute atomic E-state index is 0.493. The van der Waals surface area contributed by atoms with Crippen LogP contribution in [0.5, 0.6) is 0 Å². The summed E-state index contributed by atoms with van der Waals surface area (Å²) in [6.07, 6.45) is 15.3. The molecule has 0 atom stereocenters. The molecule has 0 bridgehead atoms. The monoisotopic (exact) mass is 557 g/mol. The summed E-state index contributed by atoms with van der Waals surface area (Å²) >= 11 is 0. The summed E-state index contributed by atoms with van der Waals surface area (Å²) in [6.45, 7) is 8.33. The molecule has 0 unspecified atom stereocenters. The van der Waals surface area contributed by atoms with Gasteiger partial charge < -0.3 is 16.1 Å². The molecule has 3 nitrogen and oxygen atoms in total. The lowest BCUT2D eigenvalue weighted by atomic mass is 9.93. The van der Waals surface area contributed by atoms with Gasteiger partial charge in [0.1, 0.15) is 0 Å². The van der Waals surface area contributed by atoms with E-state index in [0.717, 1.165) is 61.4 Å². The zero-order valence-electron chi connectivity index (χ0n) is 24.6. The predicted octanol–water partition coefficient (Wildman–Crippen LogP) is 10.2. The van der Waals surface area contributed by atoms with Crippen LogP contribution in [0.1, 0.15) is 34.7 Å². The van der Waals surface area contributed by atoms with Gasteiger partial charge in [-0.3, -0.25) is 0 Å². The highest BCUT2D eigenvalue weighted by molar-refractivity contribution is 6.11. The maximum atomic E-state index is 8.21. The molecule has 0 saturated heterocycles. The third-order valence-electron chi connectivity index (χ3n) is 7.40. The topological polar surface area (TPSA) is 59.7 Å². The number of allylic oxidation sites excluding steroid dienone is 9. The summed E-state index contributed by atoms with van der Waals surface area (Å²) < 4.78 is 0. The quantitative estimate of drug-likeness (QED) is 0.176. The molecule has 0 heterocycles. The van der Waals surface area contributed by atoms with Crippen molar-refractivity contribution in [2.45, 2.75) is 13.8 Å². The Hall–Kier alpha value is -5.54. The van der Waals surface area contributed by atoms with Gasteiger partial charge in [0, 0.05) is 17.5 Å². The van der Waals surface area contributed by atoms with E-state index in [4.69, 9.17) is 10.8 Å². The molecule has 4 aromatic rings. The second-order valence-corrected chi connectivity index (χ2v) is 10.4. The van der Waals surface area contributed by atoms with Crippen molar-refractivity contribution in [2.24, 2.45) is 0 Å². The Morgan fingerprint density at radius 2 is 1.42 bits per heavy atom. The molecule has 0 fully saturated rings. The number of anilines is 1. The lowest BCUT2D eigenvalue weighted by Gasteiger charge is -2.13. The summed E-state index contributed by atoms with van der Waals surface area (Å²) in [4.78, 5) is 0. The highest BCUT2D eigenvalue weighted by Crippen LogP contribution is 2.29. The Balaban J connectivity index is 1.38. The lowest BCUT2D eigenvalue weighted by molar-refractivity contribution is 1.42. The summed E-state index contributed by atoms with van der Waals surface area (Å²) in [5.41, 5.74) is 12.3. The standard InChI is InChI=1S/C40H35N3/c1-4-10-39(41)33-19-17-32(18-20-33)38(31-11-6-5-7-12-31)27-43-36-23-21-30(22-24-36)34-16-15-28(2)37(26-34)29(3)25-35-13-8-9-14-40(35)42/h4-27,41-43H,3H2,1-2H3/b10-4-,35-25-,38-27+,41-39?,42-40?. The number of nitrogens with one attached hydrogen (secondary N) is 3. The molecule has 1 aliphatic rings. The van der Waals surface area contributed by atoms with Crippen molar-refractivity contribution in [3.8, 4) is 11.1 Å². The third kappa shape index (κ3) is 7.03. The minimum atomic E-state index is 0.493. The van der Waals surface area contributed by atoms with Gasteiger partial charge in [0.15, 0.2) is 0 Å². The van der Waals surface area contributed by atoms with Crippen molar-refractivity contribution in [3.05, 3.63) is 186 Å². The Bertz CT molecular complexity index is 1810. The molecule has 0 aromatic heterocycles. The van der Waals surface area contributed by atoms with Crippen molar-refractivity contribution in [3.63, 3.8) is 0 Å². The Labute approximate surface area is 254 Å². The van der Waals surface area contributed by atoms with Crippen LogP contribution in [0, 0.1) is 17.7 Å². The molecule has 43 heavy (non-hydrogen) atoms. The SMILES string of the molecule is C=C(/C=C1/C=CC=CC1=N)c1cc(-c2ccc(N/C=C(\c3ccccc3)c3ccc(C(=N)/C=C\C)cc3)cc2)ccc1C. The minimum Gasteiger partial charge on any atom is -0.361 e. The number of hydrogen-bond acceptors (Lipinski definition) is 3. The summed E-state index contributed by atoms with van der Waals surface area (Å²) in [5, 5.41) is 19.9. The van der Waals surface area contributed by atoms with Crippen molar-refractivity contribution in [2.75, 3.05) is 5.32 Å². The van der Waals surface area contributed by atoms with Crippen LogP contribution >= 0.6 is 0 Å². The van der Waals surface area contributed by atoms with Crippen LogP contribution in [0.25, 0.3) is 22.3 Å². The predicted molar refractivity (Wildman–Crippen MR) is 185 cm³/mol. The zero-order valence-corrected chi connectivity index (χ0v) is 24.6. The maximum Gasteiger partial charge on any atom is 0.0612 e. The molecule has 0 spiro atoms. The first-order chi connectivity index (χ1) is 20.9. The van der Waals surface area contributed by atoms with Crippen LogP contribution in [-0.4, -0.2) is 11.4 Å². The highest BCUT2D eigenvalue weighted by atomic mass is 14.8. The van der Waals surface area contributed by atoms with Crippen molar-refractivity contribution in [1.29, 1.82) is 10.8 Å². The van der Waals surface area contributed by atoms with Gasteiger partial charge in [0.25, 0.3) is 0 Å². The normalized spacial score (nSPS) is 14.0. The summed E-state index contributed by atoms with van der Waals surface area (Å²) in [5.74, 6) is 0. The van der Waals surface area contributed by atoms with E-state index >= 15 is 0 Å². The molecular formula is C40H35N3. The fourth-order valence-corrected chi connectivity index (χ4v) is 4.99. The molecule has 1 aliphatic carbocycles. The van der Waals surface area contributed by atoms with Crippen molar-refractivity contribution in [1.82, 2.24) is 0 Å². The van der Waals surface area contributed by atoms with E-state index in [1.807, 2.05) is 73.8 Å². The van der Waals surface area contributed by atoms with E-state index in [-0.39, 0.29) is 0 Å². The Kier molecular flexibility index (Phi) is 9.04. The van der Waals surface area contributed by atoms with E-state index in [1.54, 1.807) is 12.2 Å². The number of aryl methyl sites for hydroxylation is 1. The van der Waals surface area contributed by atoms with Gasteiger partial charge in [-0.25, -0.2) is 0 Å². The van der Waals surface area contributed by atoms with Gasteiger partial charge in [-0.05, 0) is 100 Å². The fourth-order valence-electron chi connectivity index (χ4n) is 4.99. The highest BCUT2D eigenvalue weighted by Gasteiger charge is 2.09. The van der Waals surface area contributed by atoms with Crippen LogP contribution in [0.2, 0.25) is 0 Å². The molecule has 0 radical (unpaired) electrons. The molecule has 0 amide bonds. The van der Waals surface area contributed by atoms with Crippen LogP contribution in [-0.2, 0) is 0 Å². The Morgan fingerprint density at radius 3 is 2.12 bits per heavy atom. The van der Waals surface area contributed by atoms with Crippen LogP contribution in [0.3, 0.4) is 0 Å². The molecule has 4 aromatic carbocycles. The lowest BCUT2D eigenvalue weighted by Crippen LogP contribution is -1.98. The first kappa shape index (κ1) is 29.0. The van der Waals surface area contributed by atoms with E-state index in [1.165, 1.54) is 0 Å². The first-order valence-corrected chi connectivity index (χ1v) is 14.3. The number of rotatable bonds is 9. The largest absolute Gasteiger partial charge is 0.361 e. The maximum absolute atomic E-state index is 8.21. The molecule has 210 valence electrons. The van der Waals surface area contributed by atoms with E-state index < -0.39 is 0 Å². The molecule has 3 heteroatoms. The average Bonchev–Trinajstić information content (AvgIpc) is 3.04. The third-order valence-corrected chi connectivity index (χ3v) is 7.40. The summed E-state index contributed by atoms with van der Waals surface area (Å²) in [7, 11) is 0. The van der Waals surface area contributed by atoms with Crippen molar-refractivity contribution >= 4 is 28.3 Å². The fraction of sp³-hybridized carbons (Fsp3) is 0.0500. The molecular weight excluding hydrogens is 522 g/mol. The second kappa shape index (κ2) is 13.4. The van der Waals surface area contributed by atoms with E-state index in [2.05, 4.69) is 85.5 Å². The van der Waals surface area contributed by atoms with Crippen LogP contribution in [0.15, 0.2) is 158 Å². The molecule has 3 N–H and O–H groups in total. The van der Waals surface area contributed by atoms with Crippen LogP contribution in [0.4, 0.5) is 5.69 Å². The van der Waals surface area contributed by atoms with Gasteiger partial charge in [-0.15, -0.1) is 0 Å². The number of benzene rings is 4. The van der Waals surface area contributed by atoms with Gasteiger partial charge in [-0.1, -0.05) is 110 Å². The first-order valence-electron chi connectivity index (χ1n) is 14.3. The van der Waals surface area contributed by atoms with Crippen LogP contribution < -0.4 is 5.32 Å². The van der Waals surface area contributed by atoms with E-state index in [9.17, 15) is 0 Å². The van der Waals surface area contributed by atoms with Gasteiger partial charge in [0.2, 0.25) is 0 Å². The van der Waals surface area contributed by atoms with Gasteiger partial charge in [-0.2, -0.15) is 0 Å². The average molecular weight is 558 g/mol. The van der Waals surface area contributed by atoms with Crippen molar-refractivity contribution < 1.29 is 0 Å². The smallest absolute Gasteiger partial charge is 0.0612 e. The molecule has 0 aliphatic heterocycles. The van der Waals surface area contributed by atoms with Gasteiger partial charge in [0.05, 0.1) is 11.4 Å².